The molecule has 156 valence electrons. The van der Waals surface area contributed by atoms with Crippen LogP contribution in [0.4, 0.5) is 0 Å². The highest BCUT2D eigenvalue weighted by molar-refractivity contribution is 6.01. The van der Waals surface area contributed by atoms with Crippen LogP contribution < -0.4 is 5.32 Å². The van der Waals surface area contributed by atoms with E-state index in [1.807, 2.05) is 47.4 Å². The largest absolute Gasteiger partial charge is 0.355 e. The van der Waals surface area contributed by atoms with Gasteiger partial charge in [-0.3, -0.25) is 9.59 Å². The summed E-state index contributed by atoms with van der Waals surface area (Å²) in [7, 11) is 0. The predicted octanol–water partition coefficient (Wildman–Crippen LogP) is 4.19. The molecule has 3 aromatic rings. The first-order valence-electron chi connectivity index (χ1n) is 10.9. The zero-order chi connectivity index (χ0) is 21.4. The number of fused-ring (bicyclic) bond motifs is 4. The third-order valence-electron chi connectivity index (χ3n) is 6.51. The van der Waals surface area contributed by atoms with Crippen molar-refractivity contribution in [3.05, 3.63) is 106 Å². The number of carbonyl (C=O) groups excluding carboxylic acids is 2. The lowest BCUT2D eigenvalue weighted by Gasteiger charge is -2.45. The molecule has 4 nitrogen and oxygen atoms in total. The van der Waals surface area contributed by atoms with Crippen molar-refractivity contribution in [1.29, 1.82) is 0 Å². The third-order valence-corrected chi connectivity index (χ3v) is 6.51. The van der Waals surface area contributed by atoms with Crippen molar-refractivity contribution in [3.8, 4) is 0 Å². The van der Waals surface area contributed by atoms with Gasteiger partial charge >= 0.3 is 0 Å². The SMILES string of the molecule is Cc1cccc(CCNC(=O)[C@@H]2c3ccccc3C(=O)N3CCc4ccccc4[C@@H]23)c1. The summed E-state index contributed by atoms with van der Waals surface area (Å²) in [4.78, 5) is 28.7. The standard InChI is InChI=1S/C27H26N2O2/c1-18-7-6-8-19(17-18)13-15-28-26(30)24-22-11-4-5-12-23(22)27(31)29-16-14-20-9-2-3-10-21(20)25(24)29/h2-12,17,24-25H,13-16H2,1H3,(H,28,30)/t24-,25+/m1/s1. The average Bonchev–Trinajstić information content (AvgIpc) is 2.79. The topological polar surface area (TPSA) is 49.4 Å². The van der Waals surface area contributed by atoms with E-state index in [2.05, 4.69) is 42.6 Å². The lowest BCUT2D eigenvalue weighted by Crippen LogP contribution is -2.50. The molecule has 0 fully saturated rings. The Kier molecular flexibility index (Phi) is 5.06. The van der Waals surface area contributed by atoms with Gasteiger partial charge in [-0.2, -0.15) is 0 Å². The molecule has 1 N–H and O–H groups in total. The van der Waals surface area contributed by atoms with Crippen LogP contribution in [0, 0.1) is 6.92 Å². The maximum atomic E-state index is 13.5. The normalized spacial score (nSPS) is 19.3. The Hall–Kier alpha value is -3.40. The van der Waals surface area contributed by atoms with Crippen molar-refractivity contribution in [1.82, 2.24) is 10.2 Å². The molecule has 2 aliphatic rings. The van der Waals surface area contributed by atoms with E-state index >= 15 is 0 Å². The van der Waals surface area contributed by atoms with Gasteiger partial charge in [0.15, 0.2) is 0 Å². The van der Waals surface area contributed by atoms with Gasteiger partial charge < -0.3 is 10.2 Å². The van der Waals surface area contributed by atoms with Gasteiger partial charge in [0.1, 0.15) is 0 Å². The lowest BCUT2D eigenvalue weighted by atomic mass is 9.76. The molecule has 3 aromatic carbocycles. The monoisotopic (exact) mass is 410 g/mol. The number of aryl methyl sites for hydroxylation is 1. The highest BCUT2D eigenvalue weighted by Crippen LogP contribution is 2.45. The second-order valence-electron chi connectivity index (χ2n) is 8.49. The zero-order valence-electron chi connectivity index (χ0n) is 17.7. The summed E-state index contributed by atoms with van der Waals surface area (Å²) in [6.07, 6.45) is 1.61. The summed E-state index contributed by atoms with van der Waals surface area (Å²) >= 11 is 0. The Morgan fingerprint density at radius 1 is 1.00 bits per heavy atom. The van der Waals surface area contributed by atoms with Gasteiger partial charge in [0.25, 0.3) is 5.91 Å². The van der Waals surface area contributed by atoms with Gasteiger partial charge in [-0.05, 0) is 48.1 Å². The minimum absolute atomic E-state index is 0.0145. The average molecular weight is 411 g/mol. The summed E-state index contributed by atoms with van der Waals surface area (Å²) in [5.74, 6) is -0.397. The van der Waals surface area contributed by atoms with Gasteiger partial charge in [0.2, 0.25) is 5.91 Å². The number of carbonyl (C=O) groups is 2. The first-order chi connectivity index (χ1) is 15.1. The van der Waals surface area contributed by atoms with Crippen molar-refractivity contribution in [3.63, 3.8) is 0 Å². The van der Waals surface area contributed by atoms with Gasteiger partial charge in [0.05, 0.1) is 12.0 Å². The van der Waals surface area contributed by atoms with E-state index in [0.29, 0.717) is 18.7 Å². The highest BCUT2D eigenvalue weighted by atomic mass is 16.2. The number of rotatable bonds is 4. The molecule has 2 heterocycles. The van der Waals surface area contributed by atoms with Crippen molar-refractivity contribution < 1.29 is 9.59 Å². The molecule has 4 heteroatoms. The fraction of sp³-hybridized carbons (Fsp3) is 0.259. The second-order valence-corrected chi connectivity index (χ2v) is 8.49. The van der Waals surface area contributed by atoms with Gasteiger partial charge in [-0.1, -0.05) is 72.3 Å². The zero-order valence-corrected chi connectivity index (χ0v) is 17.7. The minimum atomic E-state index is -0.409. The summed E-state index contributed by atoms with van der Waals surface area (Å²) in [6, 6.07) is 23.9. The number of hydrogen-bond donors (Lipinski definition) is 1. The fourth-order valence-electron chi connectivity index (χ4n) is 5.07. The van der Waals surface area contributed by atoms with Crippen LogP contribution in [0.15, 0.2) is 72.8 Å². The maximum Gasteiger partial charge on any atom is 0.254 e. The molecule has 31 heavy (non-hydrogen) atoms. The Labute approximate surface area is 182 Å². The summed E-state index contributed by atoms with van der Waals surface area (Å²) in [6.45, 7) is 3.29. The number of hydrogen-bond acceptors (Lipinski definition) is 2. The smallest absolute Gasteiger partial charge is 0.254 e. The molecule has 2 atom stereocenters. The van der Waals surface area contributed by atoms with Crippen LogP contribution in [0.2, 0.25) is 0 Å². The number of nitrogens with zero attached hydrogens (tertiary/aromatic N) is 1. The van der Waals surface area contributed by atoms with E-state index in [-0.39, 0.29) is 17.9 Å². The minimum Gasteiger partial charge on any atom is -0.355 e. The van der Waals surface area contributed by atoms with Crippen LogP contribution in [-0.4, -0.2) is 29.8 Å². The summed E-state index contributed by atoms with van der Waals surface area (Å²) in [5, 5.41) is 3.16. The van der Waals surface area contributed by atoms with Crippen LogP contribution >= 0.6 is 0 Å². The van der Waals surface area contributed by atoms with Gasteiger partial charge in [-0.15, -0.1) is 0 Å². The van der Waals surface area contributed by atoms with Crippen LogP contribution in [0.5, 0.6) is 0 Å². The molecular weight excluding hydrogens is 384 g/mol. The van der Waals surface area contributed by atoms with E-state index in [1.54, 1.807) is 0 Å². The van der Waals surface area contributed by atoms with E-state index in [1.165, 1.54) is 16.7 Å². The van der Waals surface area contributed by atoms with Crippen LogP contribution in [-0.2, 0) is 17.6 Å². The van der Waals surface area contributed by atoms with E-state index in [9.17, 15) is 9.59 Å². The Balaban J connectivity index is 1.46. The van der Waals surface area contributed by atoms with Gasteiger partial charge in [0, 0.05) is 18.7 Å². The first-order valence-corrected chi connectivity index (χ1v) is 10.9. The van der Waals surface area contributed by atoms with E-state index in [0.717, 1.165) is 24.0 Å². The van der Waals surface area contributed by atoms with Crippen molar-refractivity contribution >= 4 is 11.8 Å². The van der Waals surface area contributed by atoms with Crippen molar-refractivity contribution in [2.45, 2.75) is 31.7 Å². The molecule has 0 saturated carbocycles. The molecule has 0 radical (unpaired) electrons. The van der Waals surface area contributed by atoms with Crippen molar-refractivity contribution in [2.24, 2.45) is 0 Å². The predicted molar refractivity (Wildman–Crippen MR) is 121 cm³/mol. The van der Waals surface area contributed by atoms with Crippen LogP contribution in [0.25, 0.3) is 0 Å². The number of amides is 2. The van der Waals surface area contributed by atoms with Gasteiger partial charge in [-0.25, -0.2) is 0 Å². The third kappa shape index (κ3) is 3.52. The van der Waals surface area contributed by atoms with Crippen LogP contribution in [0.3, 0.4) is 0 Å². The number of nitrogens with one attached hydrogen (secondary N) is 1. The maximum absolute atomic E-state index is 13.5. The number of benzene rings is 3. The highest BCUT2D eigenvalue weighted by Gasteiger charge is 2.45. The van der Waals surface area contributed by atoms with Crippen LogP contribution in [0.1, 0.15) is 50.1 Å². The molecule has 0 saturated heterocycles. The molecule has 0 aliphatic carbocycles. The van der Waals surface area contributed by atoms with Crippen molar-refractivity contribution in [2.75, 3.05) is 13.1 Å². The Morgan fingerprint density at radius 2 is 1.77 bits per heavy atom. The van der Waals surface area contributed by atoms with E-state index in [4.69, 9.17) is 0 Å². The molecule has 2 aliphatic heterocycles. The second kappa shape index (κ2) is 8.03. The quantitative estimate of drug-likeness (QED) is 0.701. The first kappa shape index (κ1) is 19.6. The van der Waals surface area contributed by atoms with E-state index < -0.39 is 5.92 Å². The fourth-order valence-corrected chi connectivity index (χ4v) is 5.07. The Bertz CT molecular complexity index is 1150. The molecule has 5 rings (SSSR count). The Morgan fingerprint density at radius 3 is 2.61 bits per heavy atom. The summed E-state index contributed by atoms with van der Waals surface area (Å²) < 4.78 is 0. The molecule has 0 bridgehead atoms. The molecule has 2 amide bonds. The molecular formula is C27H26N2O2. The molecule has 0 unspecified atom stereocenters. The lowest BCUT2D eigenvalue weighted by molar-refractivity contribution is -0.124. The summed E-state index contributed by atoms with van der Waals surface area (Å²) in [5.41, 5.74) is 6.24. The molecule has 0 spiro atoms. The molecule has 0 aromatic heterocycles.